The quantitative estimate of drug-likeness (QED) is 0.264. The summed E-state index contributed by atoms with van der Waals surface area (Å²) in [6.07, 6.45) is 5.30. The molecule has 1 saturated heterocycles. The Bertz CT molecular complexity index is 1750. The van der Waals surface area contributed by atoms with Crippen molar-refractivity contribution in [2.45, 2.75) is 77.6 Å². The van der Waals surface area contributed by atoms with Gasteiger partial charge < -0.3 is 19.5 Å². The first-order valence-corrected chi connectivity index (χ1v) is 15.5. The number of hydrogen-bond acceptors (Lipinski definition) is 4. The van der Waals surface area contributed by atoms with Crippen molar-refractivity contribution in [1.82, 2.24) is 24.4 Å². The van der Waals surface area contributed by atoms with E-state index in [0.29, 0.717) is 23.7 Å². The number of likely N-dealkylation sites (tertiary alicyclic amines) is 1. The van der Waals surface area contributed by atoms with E-state index in [1.54, 1.807) is 11.1 Å². The van der Waals surface area contributed by atoms with Gasteiger partial charge in [0.2, 0.25) is 0 Å². The van der Waals surface area contributed by atoms with E-state index in [1.807, 2.05) is 33.8 Å². The third-order valence-corrected chi connectivity index (χ3v) is 9.44. The second-order valence-electron chi connectivity index (χ2n) is 13.2. The fourth-order valence-electron chi connectivity index (χ4n) is 6.87. The van der Waals surface area contributed by atoms with E-state index < -0.39 is 17.5 Å². The Morgan fingerprint density at radius 1 is 1.14 bits per heavy atom. The third kappa shape index (κ3) is 4.77. The predicted octanol–water partition coefficient (Wildman–Crippen LogP) is 6.70. The Morgan fingerprint density at radius 3 is 2.67 bits per heavy atom. The molecule has 2 aliphatic carbocycles. The average Bonchev–Trinajstić information content (AvgIpc) is 3.27. The average molecular weight is 637 g/mol. The van der Waals surface area contributed by atoms with Gasteiger partial charge in [0, 0.05) is 40.2 Å². The van der Waals surface area contributed by atoms with Gasteiger partial charge >= 0.3 is 6.09 Å². The van der Waals surface area contributed by atoms with E-state index in [4.69, 9.17) is 9.84 Å². The third-order valence-electron chi connectivity index (χ3n) is 8.94. The summed E-state index contributed by atoms with van der Waals surface area (Å²) in [6.45, 7) is 8.78. The fourth-order valence-corrected chi connectivity index (χ4v) is 7.22. The molecule has 4 aromatic rings. The summed E-state index contributed by atoms with van der Waals surface area (Å²) in [4.78, 5) is 28.0. The van der Waals surface area contributed by atoms with Crippen molar-refractivity contribution in [3.63, 3.8) is 0 Å². The van der Waals surface area contributed by atoms with E-state index in [-0.39, 0.29) is 29.5 Å². The zero-order valence-corrected chi connectivity index (χ0v) is 25.9. The molecule has 3 aliphatic rings. The van der Waals surface area contributed by atoms with Gasteiger partial charge in [-0.3, -0.25) is 4.79 Å². The van der Waals surface area contributed by atoms with Crippen molar-refractivity contribution < 1.29 is 18.7 Å². The lowest BCUT2D eigenvalue weighted by Crippen LogP contribution is -2.46. The second kappa shape index (κ2) is 9.82. The first kappa shape index (κ1) is 27.4. The van der Waals surface area contributed by atoms with Gasteiger partial charge in [-0.15, -0.1) is 0 Å². The minimum atomic E-state index is -0.603. The summed E-state index contributed by atoms with van der Waals surface area (Å²) in [6, 6.07) is 9.37. The number of carbonyl (C=O) groups excluding carboxylic acids is 2. The van der Waals surface area contributed by atoms with Crippen LogP contribution in [0.5, 0.6) is 0 Å². The molecule has 1 aromatic carbocycles. The first-order chi connectivity index (χ1) is 20.0. The van der Waals surface area contributed by atoms with Gasteiger partial charge in [-0.25, -0.2) is 13.7 Å². The summed E-state index contributed by atoms with van der Waals surface area (Å²) in [7, 11) is 0. The molecule has 7 rings (SSSR count). The van der Waals surface area contributed by atoms with Crippen LogP contribution in [0.3, 0.4) is 0 Å². The van der Waals surface area contributed by atoms with Gasteiger partial charge in [0.25, 0.3) is 5.91 Å². The predicted molar refractivity (Wildman–Crippen MR) is 162 cm³/mol. The number of fused-ring (bicyclic) bond motifs is 4. The van der Waals surface area contributed by atoms with Gasteiger partial charge in [-0.05, 0) is 89.5 Å². The number of aryl methyl sites for hydroxylation is 1. The molecule has 2 unspecified atom stereocenters. The largest absolute Gasteiger partial charge is 0.444 e. The van der Waals surface area contributed by atoms with Crippen molar-refractivity contribution in [3.05, 3.63) is 57.9 Å². The number of ether oxygens (including phenoxy) is 1. The molecule has 0 spiro atoms. The summed E-state index contributed by atoms with van der Waals surface area (Å²) < 4.78 is 26.0. The number of nitrogens with one attached hydrogen (secondary N) is 1. The van der Waals surface area contributed by atoms with Crippen molar-refractivity contribution in [3.8, 4) is 11.4 Å². The number of pyridine rings is 1. The Balaban J connectivity index is 1.21. The zero-order valence-electron chi connectivity index (χ0n) is 24.3. The van der Waals surface area contributed by atoms with Crippen LogP contribution in [0.15, 0.2) is 41.0 Å². The Morgan fingerprint density at radius 2 is 1.93 bits per heavy atom. The maximum atomic E-state index is 15.7. The second-order valence-corrected chi connectivity index (χ2v) is 14.1. The van der Waals surface area contributed by atoms with Crippen molar-refractivity contribution in [2.24, 2.45) is 11.8 Å². The van der Waals surface area contributed by atoms with Crippen LogP contribution in [0.2, 0.25) is 0 Å². The van der Waals surface area contributed by atoms with Crippen LogP contribution in [0, 0.1) is 24.6 Å². The minimum absolute atomic E-state index is 0.145. The molecule has 3 aromatic heterocycles. The maximum absolute atomic E-state index is 15.7. The standard InChI is InChI=1S/C32H35BrFN5O3/c1-17-27(26-12-19-7-9-22(33)13-25(19)37(26)14-18-5-6-18)36-39-16-21(11-23(34)29(17)39)30(40)38-15-20-8-10-24(38)28(20)35-31(41)42-32(2,3)4/h7,9,11-13,16,18,20,24,28H,5-6,8,10,14-15H2,1-4H3,(H,35,41)/t20?,24?,28-/m1/s1. The van der Waals surface area contributed by atoms with Gasteiger partial charge in [0.15, 0.2) is 0 Å². The number of carbonyl (C=O) groups is 2. The topological polar surface area (TPSA) is 80.9 Å². The van der Waals surface area contributed by atoms with E-state index in [2.05, 4.69) is 44.0 Å². The fraction of sp³-hybridized carbons (Fsp3) is 0.469. The van der Waals surface area contributed by atoms with Crippen LogP contribution in [0.25, 0.3) is 27.8 Å². The molecule has 1 N–H and O–H groups in total. The van der Waals surface area contributed by atoms with E-state index in [1.165, 1.54) is 23.4 Å². The highest BCUT2D eigenvalue weighted by Crippen LogP contribution is 2.40. The molecule has 3 fully saturated rings. The molecule has 220 valence electrons. The highest BCUT2D eigenvalue weighted by atomic mass is 79.9. The number of rotatable bonds is 5. The van der Waals surface area contributed by atoms with Crippen molar-refractivity contribution >= 4 is 44.3 Å². The van der Waals surface area contributed by atoms with Crippen LogP contribution in [-0.2, 0) is 11.3 Å². The Labute approximate surface area is 252 Å². The first-order valence-electron chi connectivity index (χ1n) is 14.7. The van der Waals surface area contributed by atoms with Crippen LogP contribution < -0.4 is 5.32 Å². The molecule has 2 amide bonds. The number of nitrogens with zero attached hydrogens (tertiary/aromatic N) is 4. The number of hydrogen-bond donors (Lipinski definition) is 1. The molecule has 1 aliphatic heterocycles. The number of benzene rings is 1. The lowest BCUT2D eigenvalue weighted by atomic mass is 10.1. The Hall–Kier alpha value is -3.40. The van der Waals surface area contributed by atoms with Gasteiger partial charge in [0.1, 0.15) is 22.6 Å². The highest BCUT2D eigenvalue weighted by Gasteiger charge is 2.50. The van der Waals surface area contributed by atoms with Gasteiger partial charge in [-0.1, -0.05) is 22.0 Å². The van der Waals surface area contributed by atoms with Crippen LogP contribution in [0.4, 0.5) is 9.18 Å². The summed E-state index contributed by atoms with van der Waals surface area (Å²) in [5, 5.41) is 8.96. The van der Waals surface area contributed by atoms with Crippen molar-refractivity contribution in [1.29, 1.82) is 0 Å². The smallest absolute Gasteiger partial charge is 0.407 e. The van der Waals surface area contributed by atoms with Gasteiger partial charge in [-0.2, -0.15) is 5.10 Å². The number of alkyl carbamates (subject to hydrolysis) is 1. The number of halogens is 2. The number of piperidine rings is 1. The molecule has 8 nitrogen and oxygen atoms in total. The van der Waals surface area contributed by atoms with Gasteiger partial charge in [0.05, 0.1) is 23.3 Å². The van der Waals surface area contributed by atoms with E-state index in [0.717, 1.165) is 46.0 Å². The lowest BCUT2D eigenvalue weighted by molar-refractivity contribution is 0.0485. The monoisotopic (exact) mass is 635 g/mol. The molecule has 3 atom stereocenters. The molecule has 42 heavy (non-hydrogen) atoms. The summed E-state index contributed by atoms with van der Waals surface area (Å²) in [5.74, 6) is 0.0620. The number of amides is 2. The molecule has 0 radical (unpaired) electrons. The van der Waals surface area contributed by atoms with Crippen molar-refractivity contribution in [2.75, 3.05) is 6.54 Å². The molecule has 2 saturated carbocycles. The maximum Gasteiger partial charge on any atom is 0.407 e. The summed E-state index contributed by atoms with van der Waals surface area (Å²) in [5.41, 5.74) is 3.56. The highest BCUT2D eigenvalue weighted by molar-refractivity contribution is 9.10. The number of aromatic nitrogens is 3. The van der Waals surface area contributed by atoms with Crippen LogP contribution >= 0.6 is 15.9 Å². The summed E-state index contributed by atoms with van der Waals surface area (Å²) >= 11 is 3.61. The zero-order chi connectivity index (χ0) is 29.5. The SMILES string of the molecule is Cc1c(-c2cc3ccc(Br)cc3n2CC2CC2)nn2cc(C(=O)N3CC4CCC3[C@@H]4NC(=O)OC(C)(C)C)cc(F)c12. The minimum Gasteiger partial charge on any atom is -0.444 e. The molecule has 10 heteroatoms. The lowest BCUT2D eigenvalue weighted by Gasteiger charge is -2.28. The van der Waals surface area contributed by atoms with E-state index >= 15 is 4.39 Å². The Kier molecular flexibility index (Phi) is 6.42. The van der Waals surface area contributed by atoms with Crippen LogP contribution in [0.1, 0.15) is 62.4 Å². The molecule has 4 heterocycles. The normalized spacial score (nSPS) is 22.0. The molecular weight excluding hydrogens is 601 g/mol. The molecule has 2 bridgehead atoms. The van der Waals surface area contributed by atoms with Crippen LogP contribution in [-0.4, -0.2) is 55.3 Å². The molecular formula is C32H35BrFN5O3. The van der Waals surface area contributed by atoms with E-state index in [9.17, 15) is 9.59 Å².